The molecule has 0 aromatic heterocycles. The van der Waals surface area contributed by atoms with Crippen LogP contribution in [0, 0.1) is 5.82 Å². The fourth-order valence-electron chi connectivity index (χ4n) is 1.40. The summed E-state index contributed by atoms with van der Waals surface area (Å²) in [5.41, 5.74) is 1.50. The zero-order valence-electron chi connectivity index (χ0n) is 7.33. The Morgan fingerprint density at radius 1 is 1.46 bits per heavy atom. The van der Waals surface area contributed by atoms with Crippen LogP contribution < -0.4 is 0 Å². The summed E-state index contributed by atoms with van der Waals surface area (Å²) in [6.45, 7) is 1.88. The molecule has 1 atom stereocenters. The molecule has 0 saturated heterocycles. The van der Waals surface area contributed by atoms with Crippen LogP contribution in [0.2, 0.25) is 0 Å². The highest BCUT2D eigenvalue weighted by atomic mass is 19.1. The molecule has 1 aliphatic heterocycles. The van der Waals surface area contributed by atoms with Crippen molar-refractivity contribution >= 4 is 5.71 Å². The Labute approximate surface area is 76.0 Å². The smallest absolute Gasteiger partial charge is 0.160 e. The highest BCUT2D eigenvalue weighted by Gasteiger charge is 2.22. The summed E-state index contributed by atoms with van der Waals surface area (Å²) in [6, 6.07) is 6.64. The van der Waals surface area contributed by atoms with Crippen molar-refractivity contribution in [2.45, 2.75) is 19.4 Å². The van der Waals surface area contributed by atoms with E-state index in [1.54, 1.807) is 18.2 Å². The number of hydrogen-bond acceptors (Lipinski definition) is 2. The van der Waals surface area contributed by atoms with Crippen molar-refractivity contribution in [3.05, 3.63) is 35.6 Å². The molecule has 0 saturated carbocycles. The maximum atomic E-state index is 13.2. The summed E-state index contributed by atoms with van der Waals surface area (Å²) in [7, 11) is 0. The number of benzene rings is 1. The van der Waals surface area contributed by atoms with Crippen LogP contribution in [0.1, 0.15) is 25.0 Å². The van der Waals surface area contributed by atoms with E-state index >= 15 is 0 Å². The second kappa shape index (κ2) is 3.17. The highest BCUT2D eigenvalue weighted by Crippen LogP contribution is 2.28. The van der Waals surface area contributed by atoms with Crippen LogP contribution in [0.3, 0.4) is 0 Å². The lowest BCUT2D eigenvalue weighted by molar-refractivity contribution is 0.0829. The molecule has 0 spiro atoms. The molecule has 68 valence electrons. The van der Waals surface area contributed by atoms with Gasteiger partial charge >= 0.3 is 0 Å². The molecule has 1 aromatic carbocycles. The second-order valence-electron chi connectivity index (χ2n) is 3.15. The van der Waals surface area contributed by atoms with Crippen molar-refractivity contribution in [1.82, 2.24) is 0 Å². The van der Waals surface area contributed by atoms with E-state index in [0.29, 0.717) is 12.0 Å². The molecule has 3 heteroatoms. The number of hydrogen-bond donors (Lipinski definition) is 0. The van der Waals surface area contributed by atoms with Crippen molar-refractivity contribution in [2.75, 3.05) is 0 Å². The first-order valence-corrected chi connectivity index (χ1v) is 4.21. The predicted molar refractivity (Wildman–Crippen MR) is 48.0 cm³/mol. The number of halogens is 1. The fraction of sp³-hybridized carbons (Fsp3) is 0.300. The molecule has 1 unspecified atom stereocenters. The second-order valence-corrected chi connectivity index (χ2v) is 3.15. The van der Waals surface area contributed by atoms with Gasteiger partial charge in [0.15, 0.2) is 6.10 Å². The van der Waals surface area contributed by atoms with Gasteiger partial charge in [-0.15, -0.1) is 0 Å². The van der Waals surface area contributed by atoms with Crippen molar-refractivity contribution in [1.29, 1.82) is 0 Å². The van der Waals surface area contributed by atoms with Crippen molar-refractivity contribution in [3.8, 4) is 0 Å². The van der Waals surface area contributed by atoms with Crippen molar-refractivity contribution in [3.63, 3.8) is 0 Å². The molecule has 0 N–H and O–H groups in total. The van der Waals surface area contributed by atoms with E-state index in [9.17, 15) is 4.39 Å². The summed E-state index contributed by atoms with van der Waals surface area (Å²) in [4.78, 5) is 5.08. The minimum atomic E-state index is -0.235. The van der Waals surface area contributed by atoms with Crippen LogP contribution in [0.5, 0.6) is 0 Å². The Hall–Kier alpha value is -1.38. The molecule has 0 fully saturated rings. The van der Waals surface area contributed by atoms with Crippen LogP contribution in [-0.2, 0) is 4.84 Å². The molecular formula is C10H10FNO. The van der Waals surface area contributed by atoms with Gasteiger partial charge in [-0.3, -0.25) is 0 Å². The zero-order chi connectivity index (χ0) is 9.26. The lowest BCUT2D eigenvalue weighted by Gasteiger charge is -2.08. The minimum absolute atomic E-state index is 0.225. The average Bonchev–Trinajstić information content (AvgIpc) is 2.53. The first-order chi connectivity index (χ1) is 6.27. The third-order valence-electron chi connectivity index (χ3n) is 2.07. The van der Waals surface area contributed by atoms with Gasteiger partial charge < -0.3 is 4.84 Å². The number of oxime groups is 1. The Balaban J connectivity index is 2.23. The van der Waals surface area contributed by atoms with Crippen LogP contribution >= 0.6 is 0 Å². The van der Waals surface area contributed by atoms with E-state index in [2.05, 4.69) is 5.16 Å². The Kier molecular flexibility index (Phi) is 2.00. The predicted octanol–water partition coefficient (Wildman–Crippen LogP) is 2.66. The number of nitrogens with zero attached hydrogens (tertiary/aromatic N) is 1. The summed E-state index contributed by atoms with van der Waals surface area (Å²) >= 11 is 0. The van der Waals surface area contributed by atoms with E-state index in [1.807, 2.05) is 6.92 Å². The Morgan fingerprint density at radius 2 is 2.23 bits per heavy atom. The average molecular weight is 179 g/mol. The summed E-state index contributed by atoms with van der Waals surface area (Å²) in [5.74, 6) is -0.225. The fourth-order valence-corrected chi connectivity index (χ4v) is 1.40. The molecule has 1 aliphatic rings. The Morgan fingerprint density at radius 3 is 2.85 bits per heavy atom. The van der Waals surface area contributed by atoms with Gasteiger partial charge in [0.25, 0.3) is 0 Å². The van der Waals surface area contributed by atoms with Gasteiger partial charge in [-0.05, 0) is 13.0 Å². The van der Waals surface area contributed by atoms with Crippen LogP contribution in [0.4, 0.5) is 4.39 Å². The standard InChI is InChI=1S/C10H10FNO/c1-7-6-10(13-12-7)8-4-2-3-5-9(8)11/h2-5,10H,6H2,1H3. The van der Waals surface area contributed by atoms with Gasteiger partial charge in [0.2, 0.25) is 0 Å². The largest absolute Gasteiger partial charge is 0.387 e. The van der Waals surface area contributed by atoms with Crippen LogP contribution in [0.15, 0.2) is 29.4 Å². The lowest BCUT2D eigenvalue weighted by Crippen LogP contribution is -2.00. The normalized spacial score (nSPS) is 21.1. The molecule has 0 amide bonds. The third kappa shape index (κ3) is 1.54. The molecule has 0 bridgehead atoms. The molecular weight excluding hydrogens is 169 g/mol. The van der Waals surface area contributed by atoms with E-state index in [0.717, 1.165) is 5.71 Å². The van der Waals surface area contributed by atoms with Gasteiger partial charge in [-0.1, -0.05) is 23.4 Å². The Bertz CT molecular complexity index is 349. The van der Waals surface area contributed by atoms with E-state index in [4.69, 9.17) is 4.84 Å². The van der Waals surface area contributed by atoms with E-state index < -0.39 is 0 Å². The SMILES string of the molecule is CC1=NOC(c2ccccc2F)C1. The zero-order valence-corrected chi connectivity index (χ0v) is 7.33. The van der Waals surface area contributed by atoms with Gasteiger partial charge in [-0.25, -0.2) is 4.39 Å². The first-order valence-electron chi connectivity index (χ1n) is 4.21. The van der Waals surface area contributed by atoms with Gasteiger partial charge in [0.05, 0.1) is 5.71 Å². The maximum Gasteiger partial charge on any atom is 0.160 e. The summed E-state index contributed by atoms with van der Waals surface area (Å²) in [6.07, 6.45) is 0.446. The summed E-state index contributed by atoms with van der Waals surface area (Å²) < 4.78 is 13.2. The third-order valence-corrected chi connectivity index (χ3v) is 2.07. The van der Waals surface area contributed by atoms with Crippen molar-refractivity contribution < 1.29 is 9.23 Å². The van der Waals surface area contributed by atoms with Gasteiger partial charge in [0, 0.05) is 12.0 Å². The van der Waals surface area contributed by atoms with Gasteiger partial charge in [-0.2, -0.15) is 0 Å². The molecule has 1 aromatic rings. The molecule has 1 heterocycles. The van der Waals surface area contributed by atoms with Crippen LogP contribution in [0.25, 0.3) is 0 Å². The lowest BCUT2D eigenvalue weighted by atomic mass is 10.0. The highest BCUT2D eigenvalue weighted by molar-refractivity contribution is 5.83. The van der Waals surface area contributed by atoms with E-state index in [-0.39, 0.29) is 11.9 Å². The molecule has 2 nitrogen and oxygen atoms in total. The maximum absolute atomic E-state index is 13.2. The topological polar surface area (TPSA) is 21.6 Å². The van der Waals surface area contributed by atoms with Crippen LogP contribution in [-0.4, -0.2) is 5.71 Å². The number of rotatable bonds is 1. The van der Waals surface area contributed by atoms with E-state index in [1.165, 1.54) is 6.07 Å². The monoisotopic (exact) mass is 179 g/mol. The quantitative estimate of drug-likeness (QED) is 0.649. The molecule has 13 heavy (non-hydrogen) atoms. The molecule has 0 aliphatic carbocycles. The minimum Gasteiger partial charge on any atom is -0.387 e. The molecule has 2 rings (SSSR count). The summed E-state index contributed by atoms with van der Waals surface area (Å²) in [5, 5.41) is 3.79. The van der Waals surface area contributed by atoms with Crippen molar-refractivity contribution in [2.24, 2.45) is 5.16 Å². The molecule has 0 radical (unpaired) electrons. The van der Waals surface area contributed by atoms with Gasteiger partial charge in [0.1, 0.15) is 5.82 Å². The first kappa shape index (κ1) is 8.23.